The number of carboxylic acids is 1. The van der Waals surface area contributed by atoms with Crippen molar-refractivity contribution in [2.75, 3.05) is 0 Å². The van der Waals surface area contributed by atoms with Crippen molar-refractivity contribution in [3.63, 3.8) is 0 Å². The largest absolute Gasteiger partial charge is 0.484 e. The lowest BCUT2D eigenvalue weighted by Gasteiger charge is -2.09. The molecule has 2 aromatic rings. The van der Waals surface area contributed by atoms with Crippen molar-refractivity contribution < 1.29 is 14.6 Å². The molecule has 6 heteroatoms. The number of hydrogen-bond acceptors (Lipinski definition) is 3. The van der Waals surface area contributed by atoms with Crippen LogP contribution in [0.15, 0.2) is 30.6 Å². The summed E-state index contributed by atoms with van der Waals surface area (Å²) in [5.74, 6) is 0.216. The number of ether oxygens (including phenoxy) is 1. The van der Waals surface area contributed by atoms with Crippen molar-refractivity contribution in [2.45, 2.75) is 20.1 Å². The summed E-state index contributed by atoms with van der Waals surface area (Å²) in [6, 6.07) is 4.37. The van der Waals surface area contributed by atoms with Gasteiger partial charge in [-0.25, -0.2) is 9.78 Å². The molecule has 0 unspecified atom stereocenters. The monoisotopic (exact) mass is 280 g/mol. The maximum absolute atomic E-state index is 10.8. The van der Waals surface area contributed by atoms with Crippen molar-refractivity contribution in [2.24, 2.45) is 0 Å². The van der Waals surface area contributed by atoms with Gasteiger partial charge in [-0.2, -0.15) is 0 Å². The number of benzene rings is 1. The van der Waals surface area contributed by atoms with Gasteiger partial charge in [-0.05, 0) is 25.1 Å². The number of carbonyl (C=O) groups is 1. The lowest BCUT2D eigenvalue weighted by molar-refractivity contribution is 0.0697. The first-order chi connectivity index (χ1) is 9.11. The highest BCUT2D eigenvalue weighted by atomic mass is 35.5. The Hall–Kier alpha value is -2.01. The van der Waals surface area contributed by atoms with E-state index in [-0.39, 0.29) is 17.2 Å². The van der Waals surface area contributed by atoms with Gasteiger partial charge in [-0.3, -0.25) is 0 Å². The zero-order valence-electron chi connectivity index (χ0n) is 10.3. The number of halogens is 1. The average Bonchev–Trinajstić information content (AvgIpc) is 2.84. The topological polar surface area (TPSA) is 64.4 Å². The Morgan fingerprint density at radius 3 is 2.95 bits per heavy atom. The standard InChI is InChI=1S/C13H13ClN2O3/c1-2-16-6-5-15-12(16)8-19-11-4-3-9(13(17)18)7-10(11)14/h3-7H,2,8H2,1H3,(H,17,18). The van der Waals surface area contributed by atoms with E-state index < -0.39 is 5.97 Å². The van der Waals surface area contributed by atoms with Gasteiger partial charge >= 0.3 is 5.97 Å². The number of imidazole rings is 1. The summed E-state index contributed by atoms with van der Waals surface area (Å²) in [7, 11) is 0. The van der Waals surface area contributed by atoms with Crippen molar-refractivity contribution in [1.82, 2.24) is 9.55 Å². The van der Waals surface area contributed by atoms with Gasteiger partial charge in [0.05, 0.1) is 10.6 Å². The molecule has 1 aromatic heterocycles. The molecule has 19 heavy (non-hydrogen) atoms. The maximum atomic E-state index is 10.8. The van der Waals surface area contributed by atoms with Crippen molar-refractivity contribution in [3.8, 4) is 5.75 Å². The van der Waals surface area contributed by atoms with E-state index in [1.807, 2.05) is 17.7 Å². The second kappa shape index (κ2) is 5.75. The minimum Gasteiger partial charge on any atom is -0.484 e. The van der Waals surface area contributed by atoms with Crippen LogP contribution >= 0.6 is 11.6 Å². The zero-order chi connectivity index (χ0) is 13.8. The Balaban J connectivity index is 2.10. The Bertz CT molecular complexity index is 595. The van der Waals surface area contributed by atoms with E-state index in [0.717, 1.165) is 12.4 Å². The summed E-state index contributed by atoms with van der Waals surface area (Å²) in [5.41, 5.74) is 0.132. The van der Waals surface area contributed by atoms with Crippen LogP contribution in [-0.4, -0.2) is 20.6 Å². The number of carboxylic acid groups (broad SMARTS) is 1. The Morgan fingerprint density at radius 2 is 2.32 bits per heavy atom. The summed E-state index contributed by atoms with van der Waals surface area (Å²) < 4.78 is 7.51. The predicted molar refractivity (Wildman–Crippen MR) is 70.6 cm³/mol. The molecule has 100 valence electrons. The van der Waals surface area contributed by atoms with Crippen molar-refractivity contribution in [1.29, 1.82) is 0 Å². The Kier molecular flexibility index (Phi) is 4.06. The normalized spacial score (nSPS) is 10.4. The van der Waals surface area contributed by atoms with Crippen LogP contribution in [0.5, 0.6) is 5.75 Å². The van der Waals surface area contributed by atoms with Crippen LogP contribution < -0.4 is 4.74 Å². The summed E-state index contributed by atoms with van der Waals surface area (Å²) in [6.45, 7) is 3.11. The molecule has 1 aromatic carbocycles. The van der Waals surface area contributed by atoms with Gasteiger partial charge in [0.1, 0.15) is 18.2 Å². The molecular weight excluding hydrogens is 268 g/mol. The molecule has 0 saturated carbocycles. The molecule has 0 atom stereocenters. The number of nitrogens with zero attached hydrogens (tertiary/aromatic N) is 2. The van der Waals surface area contributed by atoms with Gasteiger partial charge in [0, 0.05) is 18.9 Å². The third-order valence-electron chi connectivity index (χ3n) is 2.68. The van der Waals surface area contributed by atoms with Crippen LogP contribution in [0.3, 0.4) is 0 Å². The highest BCUT2D eigenvalue weighted by molar-refractivity contribution is 6.32. The van der Waals surface area contributed by atoms with Crippen LogP contribution in [0.25, 0.3) is 0 Å². The van der Waals surface area contributed by atoms with Gasteiger partial charge in [0.25, 0.3) is 0 Å². The van der Waals surface area contributed by atoms with E-state index in [0.29, 0.717) is 5.75 Å². The first-order valence-corrected chi connectivity index (χ1v) is 6.15. The fourth-order valence-corrected chi connectivity index (χ4v) is 1.90. The quantitative estimate of drug-likeness (QED) is 0.915. The van der Waals surface area contributed by atoms with Gasteiger partial charge in [0.2, 0.25) is 0 Å². The maximum Gasteiger partial charge on any atom is 0.335 e. The van der Waals surface area contributed by atoms with Gasteiger partial charge < -0.3 is 14.4 Å². The number of aryl methyl sites for hydroxylation is 1. The number of aromatic nitrogens is 2. The van der Waals surface area contributed by atoms with Gasteiger partial charge in [-0.15, -0.1) is 0 Å². The molecule has 0 aliphatic heterocycles. The number of aromatic carboxylic acids is 1. The second-order valence-electron chi connectivity index (χ2n) is 3.87. The van der Waals surface area contributed by atoms with Crippen LogP contribution in [0.4, 0.5) is 0 Å². The first-order valence-electron chi connectivity index (χ1n) is 5.77. The molecule has 0 spiro atoms. The Labute approximate surface area is 115 Å². The van der Waals surface area contributed by atoms with Crippen molar-refractivity contribution >= 4 is 17.6 Å². The molecule has 0 radical (unpaired) electrons. The fourth-order valence-electron chi connectivity index (χ4n) is 1.66. The van der Waals surface area contributed by atoms with E-state index in [1.165, 1.54) is 12.1 Å². The van der Waals surface area contributed by atoms with E-state index in [9.17, 15) is 4.79 Å². The Morgan fingerprint density at radius 1 is 1.53 bits per heavy atom. The predicted octanol–water partition coefficient (Wildman–Crippen LogP) is 2.83. The molecule has 0 aliphatic rings. The SMILES string of the molecule is CCn1ccnc1COc1ccc(C(=O)O)cc1Cl. The second-order valence-corrected chi connectivity index (χ2v) is 4.28. The molecule has 0 fully saturated rings. The summed E-state index contributed by atoms with van der Waals surface area (Å²) >= 11 is 5.97. The third-order valence-corrected chi connectivity index (χ3v) is 2.97. The van der Waals surface area contributed by atoms with Crippen LogP contribution in [0, 0.1) is 0 Å². The van der Waals surface area contributed by atoms with Gasteiger partial charge in [0.15, 0.2) is 0 Å². The molecule has 0 bridgehead atoms. The van der Waals surface area contributed by atoms with Crippen LogP contribution in [0.1, 0.15) is 23.1 Å². The molecular formula is C13H13ClN2O3. The van der Waals surface area contributed by atoms with Gasteiger partial charge in [-0.1, -0.05) is 11.6 Å². The minimum atomic E-state index is -1.02. The average molecular weight is 281 g/mol. The third kappa shape index (κ3) is 3.06. The lowest BCUT2D eigenvalue weighted by Crippen LogP contribution is -2.06. The smallest absolute Gasteiger partial charge is 0.335 e. The first kappa shape index (κ1) is 13.4. The molecule has 1 heterocycles. The molecule has 1 N–H and O–H groups in total. The zero-order valence-corrected chi connectivity index (χ0v) is 11.1. The molecule has 0 saturated heterocycles. The molecule has 0 aliphatic carbocycles. The number of rotatable bonds is 5. The summed E-state index contributed by atoms with van der Waals surface area (Å²) in [4.78, 5) is 15.0. The van der Waals surface area contributed by atoms with Crippen LogP contribution in [-0.2, 0) is 13.2 Å². The fraction of sp³-hybridized carbons (Fsp3) is 0.231. The van der Waals surface area contributed by atoms with Crippen molar-refractivity contribution in [3.05, 3.63) is 47.0 Å². The summed E-state index contributed by atoms with van der Waals surface area (Å²) in [5, 5.41) is 9.11. The summed E-state index contributed by atoms with van der Waals surface area (Å²) in [6.07, 6.45) is 3.57. The molecule has 2 rings (SSSR count). The van der Waals surface area contributed by atoms with E-state index in [1.54, 1.807) is 12.3 Å². The van der Waals surface area contributed by atoms with E-state index in [2.05, 4.69) is 4.98 Å². The van der Waals surface area contributed by atoms with Crippen LogP contribution in [0.2, 0.25) is 5.02 Å². The highest BCUT2D eigenvalue weighted by Gasteiger charge is 2.09. The van der Waals surface area contributed by atoms with E-state index >= 15 is 0 Å². The number of hydrogen-bond donors (Lipinski definition) is 1. The lowest BCUT2D eigenvalue weighted by atomic mass is 10.2. The highest BCUT2D eigenvalue weighted by Crippen LogP contribution is 2.26. The molecule has 5 nitrogen and oxygen atoms in total. The minimum absolute atomic E-state index is 0.132. The van der Waals surface area contributed by atoms with E-state index in [4.69, 9.17) is 21.4 Å². The molecule has 0 amide bonds.